The molecule has 0 radical (unpaired) electrons. The van der Waals surface area contributed by atoms with Crippen molar-refractivity contribution >= 4 is 11.9 Å². The summed E-state index contributed by atoms with van der Waals surface area (Å²) in [5.74, 6) is -0.256. The monoisotopic (exact) mass is 423 g/mol. The molecule has 0 bridgehead atoms. The Labute approximate surface area is 187 Å². The van der Waals surface area contributed by atoms with E-state index in [0.717, 1.165) is 11.1 Å². The number of hydrogen-bond acceptors (Lipinski definition) is 3. The highest BCUT2D eigenvalue weighted by Gasteiger charge is 2.28. The fourth-order valence-electron chi connectivity index (χ4n) is 3.44. The lowest BCUT2D eigenvalue weighted by Gasteiger charge is -2.27. The van der Waals surface area contributed by atoms with E-state index in [1.54, 1.807) is 0 Å². The van der Waals surface area contributed by atoms with Gasteiger partial charge in [-0.05, 0) is 49.3 Å². The van der Waals surface area contributed by atoms with Gasteiger partial charge in [-0.3, -0.25) is 4.79 Å². The highest BCUT2D eigenvalue weighted by Crippen LogP contribution is 2.26. The molecule has 4 heteroatoms. The Kier molecular flexibility index (Phi) is 8.05. The number of benzene rings is 2. The Morgan fingerprint density at radius 3 is 2.00 bits per heavy atom. The number of rotatable bonds is 7. The molecule has 2 rings (SSSR count). The van der Waals surface area contributed by atoms with Crippen LogP contribution in [0.15, 0.2) is 54.6 Å². The zero-order valence-corrected chi connectivity index (χ0v) is 20.0. The molecule has 0 aliphatic rings. The average Bonchev–Trinajstić information content (AvgIpc) is 2.68. The Balaban J connectivity index is 2.08. The maximum atomic E-state index is 13.0. The van der Waals surface area contributed by atoms with Crippen LogP contribution in [0, 0.1) is 5.92 Å². The van der Waals surface area contributed by atoms with Crippen LogP contribution in [0.4, 0.5) is 4.79 Å². The van der Waals surface area contributed by atoms with Gasteiger partial charge in [-0.25, -0.2) is 4.79 Å². The molecule has 1 N–H and O–H groups in total. The molecule has 0 aromatic heterocycles. The summed E-state index contributed by atoms with van der Waals surface area (Å²) in [7, 11) is 0. The minimum absolute atomic E-state index is 0.110. The largest absolute Gasteiger partial charge is 0.444 e. The summed E-state index contributed by atoms with van der Waals surface area (Å²) in [4.78, 5) is 25.4. The van der Waals surface area contributed by atoms with Gasteiger partial charge in [0.1, 0.15) is 11.4 Å². The first kappa shape index (κ1) is 24.6. The van der Waals surface area contributed by atoms with E-state index < -0.39 is 17.7 Å². The van der Waals surface area contributed by atoms with Crippen molar-refractivity contribution in [3.05, 3.63) is 71.3 Å². The van der Waals surface area contributed by atoms with E-state index in [-0.39, 0.29) is 17.1 Å². The first-order chi connectivity index (χ1) is 14.4. The molecular formula is C27H37NO3. The van der Waals surface area contributed by atoms with Crippen LogP contribution in [0.5, 0.6) is 0 Å². The van der Waals surface area contributed by atoms with Crippen molar-refractivity contribution in [2.75, 3.05) is 0 Å². The highest BCUT2D eigenvalue weighted by molar-refractivity contribution is 5.82. The van der Waals surface area contributed by atoms with Gasteiger partial charge in [0.05, 0.1) is 6.04 Å². The number of ketones is 1. The van der Waals surface area contributed by atoms with E-state index >= 15 is 0 Å². The highest BCUT2D eigenvalue weighted by atomic mass is 16.6. The molecule has 0 heterocycles. The van der Waals surface area contributed by atoms with Crippen molar-refractivity contribution in [1.82, 2.24) is 5.32 Å². The third-order valence-corrected chi connectivity index (χ3v) is 5.32. The lowest BCUT2D eigenvalue weighted by molar-refractivity contribution is -0.123. The van der Waals surface area contributed by atoms with E-state index in [2.05, 4.69) is 50.4 Å². The van der Waals surface area contributed by atoms with Crippen LogP contribution in [0.2, 0.25) is 0 Å². The van der Waals surface area contributed by atoms with Crippen molar-refractivity contribution < 1.29 is 14.3 Å². The number of hydrogen-bond donors (Lipinski definition) is 1. The van der Waals surface area contributed by atoms with E-state index in [1.807, 2.05) is 58.0 Å². The first-order valence-electron chi connectivity index (χ1n) is 11.0. The van der Waals surface area contributed by atoms with Crippen molar-refractivity contribution in [3.63, 3.8) is 0 Å². The van der Waals surface area contributed by atoms with Gasteiger partial charge < -0.3 is 10.1 Å². The zero-order valence-electron chi connectivity index (χ0n) is 20.0. The topological polar surface area (TPSA) is 55.4 Å². The average molecular weight is 424 g/mol. The van der Waals surface area contributed by atoms with Gasteiger partial charge in [-0.2, -0.15) is 0 Å². The number of amides is 1. The third kappa shape index (κ3) is 7.86. The van der Waals surface area contributed by atoms with Gasteiger partial charge in [0.25, 0.3) is 0 Å². The van der Waals surface area contributed by atoms with Gasteiger partial charge in [-0.1, -0.05) is 82.3 Å². The third-order valence-electron chi connectivity index (χ3n) is 5.32. The van der Waals surface area contributed by atoms with E-state index in [0.29, 0.717) is 12.8 Å². The van der Waals surface area contributed by atoms with Crippen LogP contribution in [0.1, 0.15) is 77.6 Å². The van der Waals surface area contributed by atoms with Crippen LogP contribution >= 0.6 is 0 Å². The summed E-state index contributed by atoms with van der Waals surface area (Å²) in [6.07, 6.45) is 0.593. The Bertz CT molecular complexity index is 858. The fraction of sp³-hybridized carbons (Fsp3) is 0.481. The summed E-state index contributed by atoms with van der Waals surface area (Å²) in [5, 5.41) is 2.91. The second-order valence-electron chi connectivity index (χ2n) is 10.2. The molecule has 168 valence electrons. The van der Waals surface area contributed by atoms with E-state index in [9.17, 15) is 9.59 Å². The maximum absolute atomic E-state index is 13.0. The second kappa shape index (κ2) is 10.1. The number of carbonyl (C=O) groups excluding carboxylic acids is 2. The summed E-state index contributed by atoms with van der Waals surface area (Å²) in [6.45, 7) is 13.9. The fourth-order valence-corrected chi connectivity index (χ4v) is 3.44. The van der Waals surface area contributed by atoms with E-state index in [1.165, 1.54) is 5.56 Å². The molecular weight excluding hydrogens is 386 g/mol. The maximum Gasteiger partial charge on any atom is 0.408 e. The van der Waals surface area contributed by atoms with Crippen molar-refractivity contribution in [2.45, 2.75) is 78.4 Å². The Morgan fingerprint density at radius 1 is 0.903 bits per heavy atom. The van der Waals surface area contributed by atoms with Crippen LogP contribution in [0.25, 0.3) is 0 Å². The molecule has 2 unspecified atom stereocenters. The van der Waals surface area contributed by atoms with Gasteiger partial charge in [0.15, 0.2) is 0 Å². The molecule has 4 nitrogen and oxygen atoms in total. The molecule has 2 aromatic rings. The van der Waals surface area contributed by atoms with Crippen LogP contribution in [0.3, 0.4) is 0 Å². The quantitative estimate of drug-likeness (QED) is 0.561. The Morgan fingerprint density at radius 2 is 1.48 bits per heavy atom. The van der Waals surface area contributed by atoms with Crippen molar-refractivity contribution in [3.8, 4) is 0 Å². The number of aryl methyl sites for hydroxylation is 1. The second-order valence-corrected chi connectivity index (χ2v) is 10.2. The van der Waals surface area contributed by atoms with Gasteiger partial charge >= 0.3 is 6.09 Å². The number of alkyl carbamates (subject to hydrolysis) is 1. The summed E-state index contributed by atoms with van der Waals surface area (Å²) in [5.41, 5.74) is 2.83. The number of ether oxygens (including phenoxy) is 1. The SMILES string of the molecule is CC(C(=O)CCc1ccc(C(C)(C)C)cc1)C(NC(=O)OC(C)(C)C)c1ccccc1. The van der Waals surface area contributed by atoms with Gasteiger partial charge in [0, 0.05) is 12.3 Å². The zero-order chi connectivity index (χ0) is 23.2. The van der Waals surface area contributed by atoms with Gasteiger partial charge in [0.2, 0.25) is 0 Å². The number of Topliss-reactive ketones (excluding diaryl/α,β-unsaturated/α-hetero) is 1. The molecule has 1 amide bonds. The van der Waals surface area contributed by atoms with Crippen molar-refractivity contribution in [1.29, 1.82) is 0 Å². The molecule has 31 heavy (non-hydrogen) atoms. The number of carbonyl (C=O) groups is 2. The normalized spacial score (nSPS) is 13.9. The molecule has 0 saturated carbocycles. The molecule has 0 spiro atoms. The number of nitrogens with one attached hydrogen (secondary N) is 1. The first-order valence-corrected chi connectivity index (χ1v) is 11.0. The molecule has 0 fully saturated rings. The van der Waals surface area contributed by atoms with E-state index in [4.69, 9.17) is 4.74 Å². The van der Waals surface area contributed by atoms with Crippen LogP contribution in [-0.2, 0) is 21.4 Å². The lowest BCUT2D eigenvalue weighted by atomic mass is 9.86. The van der Waals surface area contributed by atoms with Crippen molar-refractivity contribution in [2.24, 2.45) is 5.92 Å². The predicted molar refractivity (Wildman–Crippen MR) is 126 cm³/mol. The van der Waals surface area contributed by atoms with Crippen LogP contribution < -0.4 is 5.32 Å². The van der Waals surface area contributed by atoms with Crippen LogP contribution in [-0.4, -0.2) is 17.5 Å². The smallest absolute Gasteiger partial charge is 0.408 e. The predicted octanol–water partition coefficient (Wildman–Crippen LogP) is 6.39. The minimum atomic E-state index is -0.599. The molecule has 0 saturated heterocycles. The molecule has 2 aromatic carbocycles. The molecule has 2 atom stereocenters. The minimum Gasteiger partial charge on any atom is -0.444 e. The standard InChI is InChI=1S/C27H37NO3/c1-19(23(29)18-15-20-13-16-22(17-14-20)26(2,3)4)24(21-11-9-8-10-12-21)28-25(30)31-27(5,6)7/h8-14,16-17,19,24H,15,18H2,1-7H3,(H,28,30). The summed E-state index contributed by atoms with van der Waals surface area (Å²) >= 11 is 0. The molecule has 0 aliphatic heterocycles. The Hall–Kier alpha value is -2.62. The lowest BCUT2D eigenvalue weighted by Crippen LogP contribution is -2.39. The summed E-state index contributed by atoms with van der Waals surface area (Å²) < 4.78 is 5.43. The summed E-state index contributed by atoms with van der Waals surface area (Å²) in [6, 6.07) is 17.6. The molecule has 0 aliphatic carbocycles. The van der Waals surface area contributed by atoms with Gasteiger partial charge in [-0.15, -0.1) is 0 Å².